The van der Waals surface area contributed by atoms with E-state index in [0.717, 1.165) is 12.8 Å². The summed E-state index contributed by atoms with van der Waals surface area (Å²) in [6.07, 6.45) is 2.14. The van der Waals surface area contributed by atoms with Crippen molar-refractivity contribution in [1.82, 2.24) is 5.43 Å². The van der Waals surface area contributed by atoms with Gasteiger partial charge in [-0.05, 0) is 26.7 Å². The lowest BCUT2D eigenvalue weighted by atomic mass is 10.1. The number of nitrogens with one attached hydrogen (secondary N) is 1. The highest BCUT2D eigenvalue weighted by atomic mass is 15.2. The minimum atomic E-state index is 0.404. The molecule has 0 saturated heterocycles. The summed E-state index contributed by atoms with van der Waals surface area (Å²) in [4.78, 5) is 0. The summed E-state index contributed by atoms with van der Waals surface area (Å²) in [6, 6.07) is 0.404. The van der Waals surface area contributed by atoms with E-state index in [1.54, 1.807) is 0 Å². The van der Waals surface area contributed by atoms with Gasteiger partial charge in [0.15, 0.2) is 0 Å². The van der Waals surface area contributed by atoms with Gasteiger partial charge in [-0.2, -0.15) is 0 Å². The molecule has 0 fully saturated rings. The number of hydrazine groups is 1. The quantitative estimate of drug-likeness (QED) is 0.339. The van der Waals surface area contributed by atoms with Crippen molar-refractivity contribution < 1.29 is 0 Å². The fourth-order valence-corrected chi connectivity index (χ4v) is 0.546. The van der Waals surface area contributed by atoms with Crippen LogP contribution in [0, 0.1) is 0 Å². The zero-order valence-electron chi connectivity index (χ0n) is 6.28. The Hall–Kier alpha value is -0.340. The van der Waals surface area contributed by atoms with Crippen molar-refractivity contribution in [2.75, 3.05) is 0 Å². The third-order valence-corrected chi connectivity index (χ3v) is 1.29. The highest BCUT2D eigenvalue weighted by Gasteiger charge is 1.96. The van der Waals surface area contributed by atoms with Crippen LogP contribution in [0.3, 0.4) is 0 Å². The maximum absolute atomic E-state index is 5.18. The SMILES string of the molecule is C=C(C)CCC(C)NN. The number of allylic oxidation sites excluding steroid dienone is 1. The molecule has 1 unspecified atom stereocenters. The molecular weight excluding hydrogens is 112 g/mol. The molecular formula is C7H16N2. The molecule has 0 aliphatic heterocycles. The Balaban J connectivity index is 3.16. The molecule has 0 aliphatic rings. The van der Waals surface area contributed by atoms with E-state index >= 15 is 0 Å². The fraction of sp³-hybridized carbons (Fsp3) is 0.714. The van der Waals surface area contributed by atoms with Crippen LogP contribution in [0.15, 0.2) is 12.2 Å². The van der Waals surface area contributed by atoms with Crippen LogP contribution in [-0.4, -0.2) is 6.04 Å². The standard InChI is InChI=1S/C7H16N2/c1-6(2)4-5-7(3)9-8/h7,9H,1,4-5,8H2,2-3H3. The van der Waals surface area contributed by atoms with Gasteiger partial charge in [0.05, 0.1) is 0 Å². The van der Waals surface area contributed by atoms with Crippen LogP contribution in [0.25, 0.3) is 0 Å². The predicted octanol–water partition coefficient (Wildman–Crippen LogP) is 1.19. The normalized spacial score (nSPS) is 13.2. The van der Waals surface area contributed by atoms with Crippen molar-refractivity contribution in [2.24, 2.45) is 5.84 Å². The first-order valence-electron chi connectivity index (χ1n) is 3.27. The highest BCUT2D eigenvalue weighted by Crippen LogP contribution is 2.02. The van der Waals surface area contributed by atoms with E-state index in [0.29, 0.717) is 6.04 Å². The van der Waals surface area contributed by atoms with Crippen molar-refractivity contribution in [1.29, 1.82) is 0 Å². The third kappa shape index (κ3) is 5.53. The van der Waals surface area contributed by atoms with E-state index in [-0.39, 0.29) is 0 Å². The maximum Gasteiger partial charge on any atom is 0.0185 e. The Labute approximate surface area is 57.1 Å². The molecule has 0 aliphatic carbocycles. The molecule has 0 radical (unpaired) electrons. The monoisotopic (exact) mass is 128 g/mol. The van der Waals surface area contributed by atoms with Gasteiger partial charge < -0.3 is 0 Å². The Morgan fingerprint density at radius 2 is 2.33 bits per heavy atom. The number of nitrogens with two attached hydrogens (primary N) is 1. The second-order valence-electron chi connectivity index (χ2n) is 2.56. The number of rotatable bonds is 4. The lowest BCUT2D eigenvalue weighted by Crippen LogP contribution is -2.32. The van der Waals surface area contributed by atoms with Crippen LogP contribution in [0.4, 0.5) is 0 Å². The summed E-state index contributed by atoms with van der Waals surface area (Å²) < 4.78 is 0. The molecule has 2 nitrogen and oxygen atoms in total. The second kappa shape index (κ2) is 4.53. The Morgan fingerprint density at radius 1 is 1.78 bits per heavy atom. The van der Waals surface area contributed by atoms with Gasteiger partial charge in [-0.25, -0.2) is 0 Å². The molecule has 0 spiro atoms. The lowest BCUT2D eigenvalue weighted by molar-refractivity contribution is 0.531. The van der Waals surface area contributed by atoms with Gasteiger partial charge in [0, 0.05) is 6.04 Å². The van der Waals surface area contributed by atoms with Crippen LogP contribution < -0.4 is 11.3 Å². The molecule has 1 atom stereocenters. The van der Waals surface area contributed by atoms with Gasteiger partial charge in [-0.15, -0.1) is 6.58 Å². The van der Waals surface area contributed by atoms with Crippen LogP contribution in [0.1, 0.15) is 26.7 Å². The third-order valence-electron chi connectivity index (χ3n) is 1.29. The summed E-state index contributed by atoms with van der Waals surface area (Å²) in [7, 11) is 0. The van der Waals surface area contributed by atoms with Gasteiger partial charge in [-0.1, -0.05) is 5.57 Å². The van der Waals surface area contributed by atoms with Gasteiger partial charge in [0.25, 0.3) is 0 Å². The molecule has 0 aromatic carbocycles. The maximum atomic E-state index is 5.18. The minimum Gasteiger partial charge on any atom is -0.271 e. The molecule has 0 saturated carbocycles. The van der Waals surface area contributed by atoms with E-state index in [1.807, 2.05) is 6.92 Å². The second-order valence-corrected chi connectivity index (χ2v) is 2.56. The van der Waals surface area contributed by atoms with Crippen LogP contribution in [0.5, 0.6) is 0 Å². The van der Waals surface area contributed by atoms with Crippen molar-refractivity contribution >= 4 is 0 Å². The molecule has 0 bridgehead atoms. The summed E-state index contributed by atoms with van der Waals surface area (Å²) >= 11 is 0. The van der Waals surface area contributed by atoms with Crippen LogP contribution in [0.2, 0.25) is 0 Å². The Kier molecular flexibility index (Phi) is 4.36. The van der Waals surface area contributed by atoms with Crippen molar-refractivity contribution in [3.05, 3.63) is 12.2 Å². The van der Waals surface area contributed by atoms with Crippen LogP contribution in [-0.2, 0) is 0 Å². The first-order chi connectivity index (χ1) is 4.16. The molecule has 0 aromatic rings. The van der Waals surface area contributed by atoms with Crippen molar-refractivity contribution in [3.63, 3.8) is 0 Å². The average molecular weight is 128 g/mol. The van der Waals surface area contributed by atoms with E-state index < -0.39 is 0 Å². The molecule has 54 valence electrons. The molecule has 9 heavy (non-hydrogen) atoms. The molecule has 0 amide bonds. The molecule has 0 rings (SSSR count). The molecule has 0 aromatic heterocycles. The van der Waals surface area contributed by atoms with E-state index in [4.69, 9.17) is 5.84 Å². The molecule has 2 heteroatoms. The molecule has 3 N–H and O–H groups in total. The van der Waals surface area contributed by atoms with Crippen LogP contribution >= 0.6 is 0 Å². The van der Waals surface area contributed by atoms with E-state index in [2.05, 4.69) is 18.9 Å². The van der Waals surface area contributed by atoms with E-state index in [1.165, 1.54) is 5.57 Å². The highest BCUT2D eigenvalue weighted by molar-refractivity contribution is 4.88. The zero-order chi connectivity index (χ0) is 7.28. The average Bonchev–Trinajstić information content (AvgIpc) is 1.83. The topological polar surface area (TPSA) is 38.0 Å². The molecule has 0 heterocycles. The zero-order valence-corrected chi connectivity index (χ0v) is 6.28. The van der Waals surface area contributed by atoms with Gasteiger partial charge in [-0.3, -0.25) is 11.3 Å². The summed E-state index contributed by atoms with van der Waals surface area (Å²) in [5, 5.41) is 0. The lowest BCUT2D eigenvalue weighted by Gasteiger charge is -2.07. The first kappa shape index (κ1) is 8.66. The Morgan fingerprint density at radius 3 is 2.67 bits per heavy atom. The van der Waals surface area contributed by atoms with Gasteiger partial charge >= 0.3 is 0 Å². The predicted molar refractivity (Wildman–Crippen MR) is 40.8 cm³/mol. The Bertz CT molecular complexity index is 88.9. The summed E-state index contributed by atoms with van der Waals surface area (Å²) in [5.74, 6) is 5.18. The number of hydrogen-bond acceptors (Lipinski definition) is 2. The van der Waals surface area contributed by atoms with Gasteiger partial charge in [0.1, 0.15) is 0 Å². The van der Waals surface area contributed by atoms with Gasteiger partial charge in [0.2, 0.25) is 0 Å². The summed E-state index contributed by atoms with van der Waals surface area (Å²) in [5.41, 5.74) is 3.90. The summed E-state index contributed by atoms with van der Waals surface area (Å²) in [6.45, 7) is 7.88. The fourth-order valence-electron chi connectivity index (χ4n) is 0.546. The largest absolute Gasteiger partial charge is 0.271 e. The van der Waals surface area contributed by atoms with E-state index in [9.17, 15) is 0 Å². The minimum absolute atomic E-state index is 0.404. The van der Waals surface area contributed by atoms with Crippen molar-refractivity contribution in [2.45, 2.75) is 32.7 Å². The first-order valence-corrected chi connectivity index (χ1v) is 3.27. The van der Waals surface area contributed by atoms with Crippen molar-refractivity contribution in [3.8, 4) is 0 Å². The smallest absolute Gasteiger partial charge is 0.0185 e. The number of hydrogen-bond donors (Lipinski definition) is 2.